The summed E-state index contributed by atoms with van der Waals surface area (Å²) >= 11 is 0. The number of aliphatic hydroxyl groups is 1. The zero-order valence-electron chi connectivity index (χ0n) is 6.18. The summed E-state index contributed by atoms with van der Waals surface area (Å²) in [5, 5.41) is 9.52. The highest BCUT2D eigenvalue weighted by molar-refractivity contribution is 5.82. The monoisotopic (exact) mass is 134 g/mol. The summed E-state index contributed by atoms with van der Waals surface area (Å²) in [5.74, 6) is 0. The summed E-state index contributed by atoms with van der Waals surface area (Å²) in [6.45, 7) is 3.61. The van der Waals surface area contributed by atoms with Gasteiger partial charge in [-0.05, 0) is 48.7 Å². The Hall–Kier alpha value is -0.820. The van der Waals surface area contributed by atoms with Gasteiger partial charge in [0.05, 0.1) is 5.60 Å². The van der Waals surface area contributed by atoms with Gasteiger partial charge in [0.15, 0.2) is 0 Å². The lowest BCUT2D eigenvalue weighted by molar-refractivity contribution is 0.0790. The normalized spacial score (nSPS) is 13.5. The molecular formula is C9H10O. The van der Waals surface area contributed by atoms with E-state index in [2.05, 4.69) is 6.07 Å². The molecule has 0 bridgehead atoms. The molecule has 1 nitrogen and oxygen atoms in total. The van der Waals surface area contributed by atoms with Crippen molar-refractivity contribution in [1.29, 1.82) is 0 Å². The van der Waals surface area contributed by atoms with Gasteiger partial charge in [0.2, 0.25) is 0 Å². The molecule has 52 valence electrons. The molecule has 0 aromatic rings. The van der Waals surface area contributed by atoms with Gasteiger partial charge >= 0.3 is 0 Å². The van der Waals surface area contributed by atoms with Crippen LogP contribution in [0.15, 0.2) is 18.2 Å². The van der Waals surface area contributed by atoms with Crippen LogP contribution in [0.4, 0.5) is 0 Å². The van der Waals surface area contributed by atoms with Gasteiger partial charge < -0.3 is 5.11 Å². The van der Waals surface area contributed by atoms with Gasteiger partial charge in [-0.1, -0.05) is 0 Å². The van der Waals surface area contributed by atoms with Gasteiger partial charge in [0.25, 0.3) is 0 Å². The lowest BCUT2D eigenvalue weighted by Crippen LogP contribution is -2.13. The van der Waals surface area contributed by atoms with Crippen molar-refractivity contribution in [2.45, 2.75) is 19.4 Å². The van der Waals surface area contributed by atoms with Crippen molar-refractivity contribution in [2.24, 2.45) is 0 Å². The SMILES string of the molecule is CC(C)(O)c1cc2cc-2c1. The maximum absolute atomic E-state index is 9.52. The third-order valence-corrected chi connectivity index (χ3v) is 1.89. The van der Waals surface area contributed by atoms with Gasteiger partial charge in [-0.3, -0.25) is 0 Å². The molecule has 0 aromatic heterocycles. The lowest BCUT2D eigenvalue weighted by Gasteiger charge is -2.14. The maximum Gasteiger partial charge on any atom is 0.0840 e. The zero-order chi connectivity index (χ0) is 7.35. The Kier molecular flexibility index (Phi) is 0.847. The molecule has 0 aromatic carbocycles. The van der Waals surface area contributed by atoms with Crippen LogP contribution in [0.3, 0.4) is 0 Å². The molecule has 0 spiro atoms. The smallest absolute Gasteiger partial charge is 0.0840 e. The van der Waals surface area contributed by atoms with E-state index in [0.717, 1.165) is 5.56 Å². The lowest BCUT2D eigenvalue weighted by atomic mass is 10.0. The van der Waals surface area contributed by atoms with Gasteiger partial charge in [-0.15, -0.1) is 0 Å². The van der Waals surface area contributed by atoms with Crippen LogP contribution in [0.2, 0.25) is 0 Å². The summed E-state index contributed by atoms with van der Waals surface area (Å²) in [6, 6.07) is 6.18. The summed E-state index contributed by atoms with van der Waals surface area (Å²) in [5.41, 5.74) is 2.94. The highest BCUT2D eigenvalue weighted by atomic mass is 16.3. The van der Waals surface area contributed by atoms with Crippen LogP contribution in [-0.2, 0) is 5.60 Å². The molecule has 2 aliphatic carbocycles. The molecule has 1 N–H and O–H groups in total. The fraction of sp³-hybridized carbons (Fsp3) is 0.333. The summed E-state index contributed by atoms with van der Waals surface area (Å²) < 4.78 is 0. The predicted octanol–water partition coefficient (Wildman–Crippen LogP) is 1.89. The van der Waals surface area contributed by atoms with Crippen molar-refractivity contribution in [1.82, 2.24) is 0 Å². The Morgan fingerprint density at radius 1 is 1.10 bits per heavy atom. The molecule has 1 heteroatoms. The Bertz CT molecular complexity index is 261. The first-order valence-corrected chi connectivity index (χ1v) is 3.46. The minimum absolute atomic E-state index is 0.665. The van der Waals surface area contributed by atoms with Gasteiger partial charge in [0, 0.05) is 0 Å². The molecule has 0 heterocycles. The van der Waals surface area contributed by atoms with Gasteiger partial charge in [-0.2, -0.15) is 0 Å². The first-order chi connectivity index (χ1) is 4.57. The fourth-order valence-corrected chi connectivity index (χ4v) is 1.11. The van der Waals surface area contributed by atoms with Crippen LogP contribution in [0.5, 0.6) is 0 Å². The van der Waals surface area contributed by atoms with Crippen LogP contribution in [0.25, 0.3) is 11.1 Å². The Morgan fingerprint density at radius 3 is 1.90 bits per heavy atom. The molecule has 0 saturated carbocycles. The Balaban J connectivity index is 2.41. The number of benzene rings is 1. The van der Waals surface area contributed by atoms with Crippen molar-refractivity contribution in [3.05, 3.63) is 23.8 Å². The quantitative estimate of drug-likeness (QED) is 0.631. The fourth-order valence-electron chi connectivity index (χ4n) is 1.11. The van der Waals surface area contributed by atoms with Crippen molar-refractivity contribution < 1.29 is 5.11 Å². The molecule has 0 radical (unpaired) electrons. The molecule has 10 heavy (non-hydrogen) atoms. The molecule has 0 saturated heterocycles. The van der Waals surface area contributed by atoms with Gasteiger partial charge in [0.1, 0.15) is 0 Å². The zero-order valence-corrected chi connectivity index (χ0v) is 6.18. The van der Waals surface area contributed by atoms with E-state index in [4.69, 9.17) is 0 Å². The summed E-state index contributed by atoms with van der Waals surface area (Å²) in [4.78, 5) is 0. The minimum Gasteiger partial charge on any atom is -0.386 e. The molecule has 2 rings (SSSR count). The average Bonchev–Trinajstić information content (AvgIpc) is 2.38. The Labute approximate surface area is 60.3 Å². The predicted molar refractivity (Wildman–Crippen MR) is 40.7 cm³/mol. The standard InChI is InChI=1S/C9H10O/c1-9(2,10)8-4-6-3-7(6)5-8/h3-5,10H,1-2H3. The van der Waals surface area contributed by atoms with Crippen LogP contribution in [0.1, 0.15) is 19.4 Å². The summed E-state index contributed by atoms with van der Waals surface area (Å²) in [7, 11) is 0. The number of hydrogen-bond acceptors (Lipinski definition) is 1. The molecular weight excluding hydrogens is 124 g/mol. The van der Waals surface area contributed by atoms with E-state index in [1.54, 1.807) is 13.8 Å². The van der Waals surface area contributed by atoms with Crippen LogP contribution in [-0.4, -0.2) is 5.11 Å². The molecule has 0 aliphatic heterocycles. The first-order valence-electron chi connectivity index (χ1n) is 3.46. The van der Waals surface area contributed by atoms with Crippen LogP contribution < -0.4 is 0 Å². The molecule has 0 atom stereocenters. The maximum atomic E-state index is 9.52. The molecule has 0 amide bonds. The second-order valence-corrected chi connectivity index (χ2v) is 3.36. The van der Waals surface area contributed by atoms with E-state index in [-0.39, 0.29) is 0 Å². The van der Waals surface area contributed by atoms with E-state index in [1.165, 1.54) is 11.1 Å². The minimum atomic E-state index is -0.665. The van der Waals surface area contributed by atoms with E-state index < -0.39 is 5.60 Å². The first kappa shape index (κ1) is 5.93. The second-order valence-electron chi connectivity index (χ2n) is 3.36. The van der Waals surface area contributed by atoms with Crippen LogP contribution >= 0.6 is 0 Å². The highest BCUT2D eigenvalue weighted by Gasteiger charge is 2.22. The number of hydrogen-bond donors (Lipinski definition) is 1. The number of fused-ring (bicyclic) bond motifs is 1. The van der Waals surface area contributed by atoms with E-state index >= 15 is 0 Å². The Morgan fingerprint density at radius 2 is 1.60 bits per heavy atom. The number of rotatable bonds is 1. The molecule has 0 fully saturated rings. The third kappa shape index (κ3) is 0.745. The van der Waals surface area contributed by atoms with Crippen molar-refractivity contribution in [3.63, 3.8) is 0 Å². The molecule has 2 aliphatic rings. The van der Waals surface area contributed by atoms with E-state index in [0.29, 0.717) is 0 Å². The second kappa shape index (κ2) is 1.43. The van der Waals surface area contributed by atoms with Crippen molar-refractivity contribution in [3.8, 4) is 11.1 Å². The topological polar surface area (TPSA) is 20.2 Å². The summed E-state index contributed by atoms with van der Waals surface area (Å²) in [6.07, 6.45) is 0. The van der Waals surface area contributed by atoms with E-state index in [1.807, 2.05) is 12.1 Å². The van der Waals surface area contributed by atoms with Crippen molar-refractivity contribution >= 4 is 0 Å². The van der Waals surface area contributed by atoms with Crippen LogP contribution in [0, 0.1) is 0 Å². The van der Waals surface area contributed by atoms with E-state index in [9.17, 15) is 5.11 Å². The largest absolute Gasteiger partial charge is 0.386 e. The van der Waals surface area contributed by atoms with Crippen molar-refractivity contribution in [2.75, 3.05) is 0 Å². The molecule has 0 unspecified atom stereocenters. The average molecular weight is 134 g/mol. The highest BCUT2D eigenvalue weighted by Crippen LogP contribution is 2.39. The van der Waals surface area contributed by atoms with Gasteiger partial charge in [-0.25, -0.2) is 0 Å². The third-order valence-electron chi connectivity index (χ3n) is 1.89.